The first-order valence-corrected chi connectivity index (χ1v) is 10.8. The Kier molecular flexibility index (Phi) is 5.41. The van der Waals surface area contributed by atoms with Gasteiger partial charge < -0.3 is 20.5 Å². The van der Waals surface area contributed by atoms with Crippen LogP contribution in [0.25, 0.3) is 21.8 Å². The molecule has 3 heterocycles. The van der Waals surface area contributed by atoms with E-state index < -0.39 is 0 Å². The van der Waals surface area contributed by atoms with E-state index in [1.165, 1.54) is 0 Å². The molecule has 1 saturated heterocycles. The average molecular weight is 428 g/mol. The molecule has 3 N–H and O–H groups in total. The summed E-state index contributed by atoms with van der Waals surface area (Å²) in [5, 5.41) is 8.65. The van der Waals surface area contributed by atoms with Gasteiger partial charge in [-0.1, -0.05) is 36.4 Å². The number of aromatic nitrogens is 3. The predicted octanol–water partition coefficient (Wildman–Crippen LogP) is 2.63. The minimum atomic E-state index is -0.252. The van der Waals surface area contributed by atoms with Crippen molar-refractivity contribution in [1.82, 2.24) is 25.6 Å². The molecule has 4 aromatic rings. The second-order valence-electron chi connectivity index (χ2n) is 8.00. The van der Waals surface area contributed by atoms with Gasteiger partial charge >= 0.3 is 0 Å². The number of anilines is 1. The highest BCUT2D eigenvalue weighted by atomic mass is 16.2. The zero-order valence-corrected chi connectivity index (χ0v) is 17.5. The zero-order valence-electron chi connectivity index (χ0n) is 17.5. The molecule has 5 rings (SSSR count). The van der Waals surface area contributed by atoms with E-state index in [-0.39, 0.29) is 24.4 Å². The van der Waals surface area contributed by atoms with Gasteiger partial charge in [-0.05, 0) is 35.7 Å². The van der Waals surface area contributed by atoms with E-state index in [4.69, 9.17) is 0 Å². The zero-order chi connectivity index (χ0) is 21.9. The van der Waals surface area contributed by atoms with E-state index in [0.717, 1.165) is 47.0 Å². The van der Waals surface area contributed by atoms with Crippen LogP contribution < -0.4 is 15.5 Å². The molecule has 0 aliphatic carbocycles. The van der Waals surface area contributed by atoms with E-state index in [9.17, 15) is 9.59 Å². The number of nitrogens with zero attached hydrogens (tertiary/aromatic N) is 3. The van der Waals surface area contributed by atoms with E-state index in [0.29, 0.717) is 12.1 Å². The summed E-state index contributed by atoms with van der Waals surface area (Å²) in [6.07, 6.45) is 5.24. The van der Waals surface area contributed by atoms with Crippen LogP contribution in [0.3, 0.4) is 0 Å². The van der Waals surface area contributed by atoms with Crippen LogP contribution in [0.4, 0.5) is 5.82 Å². The van der Waals surface area contributed by atoms with Gasteiger partial charge in [0, 0.05) is 30.9 Å². The van der Waals surface area contributed by atoms with Crippen LogP contribution in [-0.4, -0.2) is 52.4 Å². The van der Waals surface area contributed by atoms with Crippen molar-refractivity contribution in [3.63, 3.8) is 0 Å². The van der Waals surface area contributed by atoms with Gasteiger partial charge in [0.25, 0.3) is 5.91 Å². The van der Waals surface area contributed by atoms with Crippen molar-refractivity contribution in [2.45, 2.75) is 18.9 Å². The molecule has 1 unspecified atom stereocenters. The van der Waals surface area contributed by atoms with Crippen molar-refractivity contribution >= 4 is 39.4 Å². The predicted molar refractivity (Wildman–Crippen MR) is 124 cm³/mol. The summed E-state index contributed by atoms with van der Waals surface area (Å²) in [5.74, 6) is 0.428. The first kappa shape index (κ1) is 20.0. The van der Waals surface area contributed by atoms with Crippen molar-refractivity contribution < 1.29 is 9.59 Å². The normalized spacial score (nSPS) is 16.2. The van der Waals surface area contributed by atoms with Gasteiger partial charge in [0.2, 0.25) is 5.91 Å². The van der Waals surface area contributed by atoms with Crippen molar-refractivity contribution in [3.05, 3.63) is 66.6 Å². The quantitative estimate of drug-likeness (QED) is 0.453. The molecule has 8 nitrogen and oxygen atoms in total. The number of carbonyl (C=O) groups is 2. The minimum Gasteiger partial charge on any atom is -0.354 e. The first-order valence-electron chi connectivity index (χ1n) is 10.8. The monoisotopic (exact) mass is 428 g/mol. The van der Waals surface area contributed by atoms with Gasteiger partial charge in [-0.25, -0.2) is 9.97 Å². The molecule has 1 fully saturated rings. The molecule has 32 heavy (non-hydrogen) atoms. The Morgan fingerprint density at radius 2 is 1.94 bits per heavy atom. The molecule has 0 bridgehead atoms. The number of H-pyrrole nitrogens is 1. The van der Waals surface area contributed by atoms with Gasteiger partial charge in [0.1, 0.15) is 17.8 Å². The lowest BCUT2D eigenvalue weighted by atomic mass is 10.0. The number of hydrogen-bond acceptors (Lipinski definition) is 5. The number of benzene rings is 2. The third-order valence-corrected chi connectivity index (χ3v) is 5.86. The molecule has 2 amide bonds. The molecular formula is C24H24N6O2. The van der Waals surface area contributed by atoms with Gasteiger partial charge in [0.15, 0.2) is 0 Å². The highest BCUT2D eigenvalue weighted by Crippen LogP contribution is 2.25. The number of piperidine rings is 1. The van der Waals surface area contributed by atoms with Crippen LogP contribution in [0.15, 0.2) is 61.1 Å². The Morgan fingerprint density at radius 1 is 1.06 bits per heavy atom. The van der Waals surface area contributed by atoms with Gasteiger partial charge in [-0.3, -0.25) is 9.59 Å². The summed E-state index contributed by atoms with van der Waals surface area (Å²) in [7, 11) is 0. The van der Waals surface area contributed by atoms with Crippen LogP contribution >= 0.6 is 0 Å². The maximum atomic E-state index is 12.7. The van der Waals surface area contributed by atoms with E-state index in [2.05, 4.69) is 30.5 Å². The van der Waals surface area contributed by atoms with Crippen molar-refractivity contribution in [2.24, 2.45) is 0 Å². The topological polar surface area (TPSA) is 103 Å². The lowest BCUT2D eigenvalue weighted by molar-refractivity contribution is -0.120. The summed E-state index contributed by atoms with van der Waals surface area (Å²) in [4.78, 5) is 39.2. The molecule has 8 heteroatoms. The molecular weight excluding hydrogens is 404 g/mol. The van der Waals surface area contributed by atoms with Gasteiger partial charge in [0.05, 0.1) is 11.9 Å². The smallest absolute Gasteiger partial charge is 0.252 e. The molecule has 0 spiro atoms. The maximum absolute atomic E-state index is 12.7. The summed E-state index contributed by atoms with van der Waals surface area (Å²) >= 11 is 0. The number of nitrogens with one attached hydrogen (secondary N) is 3. The number of aromatic amines is 1. The van der Waals surface area contributed by atoms with Crippen molar-refractivity contribution in [1.29, 1.82) is 0 Å². The number of rotatable bonds is 5. The van der Waals surface area contributed by atoms with Crippen LogP contribution in [0, 0.1) is 0 Å². The summed E-state index contributed by atoms with van der Waals surface area (Å²) in [5.41, 5.74) is 1.37. The largest absolute Gasteiger partial charge is 0.354 e. The Labute approximate surface area is 185 Å². The molecule has 1 atom stereocenters. The van der Waals surface area contributed by atoms with Crippen LogP contribution in [0.1, 0.15) is 23.2 Å². The third kappa shape index (κ3) is 3.99. The Morgan fingerprint density at radius 3 is 2.88 bits per heavy atom. The van der Waals surface area contributed by atoms with E-state index >= 15 is 0 Å². The second-order valence-corrected chi connectivity index (χ2v) is 8.00. The van der Waals surface area contributed by atoms with Crippen LogP contribution in [0.2, 0.25) is 0 Å². The van der Waals surface area contributed by atoms with Crippen LogP contribution in [0.5, 0.6) is 0 Å². The molecule has 2 aromatic heterocycles. The summed E-state index contributed by atoms with van der Waals surface area (Å²) < 4.78 is 0. The molecule has 1 aliphatic heterocycles. The molecule has 0 radical (unpaired) electrons. The molecule has 2 aromatic carbocycles. The van der Waals surface area contributed by atoms with Gasteiger partial charge in [-0.15, -0.1) is 0 Å². The Balaban J connectivity index is 1.20. The number of fused-ring (bicyclic) bond motifs is 2. The number of carbonyl (C=O) groups excluding carboxylic acids is 2. The highest BCUT2D eigenvalue weighted by Gasteiger charge is 2.24. The van der Waals surface area contributed by atoms with Gasteiger partial charge in [-0.2, -0.15) is 0 Å². The average Bonchev–Trinajstić information content (AvgIpc) is 3.31. The fraction of sp³-hybridized carbons (Fsp3) is 0.250. The number of hydrogen-bond donors (Lipinski definition) is 3. The standard InChI is InChI=1S/C24H24N6O2/c31-21(13-26-24(32)19-9-3-6-16-5-1-2-8-18(16)19)29-17-7-4-12-30(14-17)23-20-10-11-25-22(20)27-15-28-23/h1-3,5-6,8-11,15,17H,4,7,12-14H2,(H,26,32)(H,29,31)(H,25,27,28). The second kappa shape index (κ2) is 8.66. The molecule has 1 aliphatic rings. The number of amides is 2. The lowest BCUT2D eigenvalue weighted by Crippen LogP contribution is -2.50. The van der Waals surface area contributed by atoms with Crippen molar-refractivity contribution in [3.8, 4) is 0 Å². The lowest BCUT2D eigenvalue weighted by Gasteiger charge is -2.34. The van der Waals surface area contributed by atoms with Crippen LogP contribution in [-0.2, 0) is 4.79 Å². The Hall–Kier alpha value is -3.94. The molecule has 162 valence electrons. The third-order valence-electron chi connectivity index (χ3n) is 5.86. The highest BCUT2D eigenvalue weighted by molar-refractivity contribution is 6.07. The fourth-order valence-electron chi connectivity index (χ4n) is 4.36. The summed E-state index contributed by atoms with van der Waals surface area (Å²) in [6.45, 7) is 1.48. The molecule has 0 saturated carbocycles. The van der Waals surface area contributed by atoms with E-state index in [1.807, 2.05) is 48.7 Å². The fourth-order valence-corrected chi connectivity index (χ4v) is 4.36. The Bertz CT molecular complexity index is 1280. The maximum Gasteiger partial charge on any atom is 0.252 e. The van der Waals surface area contributed by atoms with E-state index in [1.54, 1.807) is 12.4 Å². The van der Waals surface area contributed by atoms with Crippen molar-refractivity contribution in [2.75, 3.05) is 24.5 Å². The minimum absolute atomic E-state index is 0.00494. The first-order chi connectivity index (χ1) is 15.7. The SMILES string of the molecule is O=C(CNC(=O)c1cccc2ccccc12)NC1CCCN(c2ncnc3[nH]ccc23)C1. The summed E-state index contributed by atoms with van der Waals surface area (Å²) in [6, 6.07) is 15.3.